The van der Waals surface area contributed by atoms with Crippen molar-refractivity contribution in [2.45, 2.75) is 46.3 Å². The Morgan fingerprint density at radius 1 is 1.25 bits per heavy atom. The molecule has 16 heavy (non-hydrogen) atoms. The van der Waals surface area contributed by atoms with Gasteiger partial charge in [0.1, 0.15) is 0 Å². The molecular weight excluding hydrogens is 217 g/mol. The second-order valence-corrected chi connectivity index (χ2v) is 4.67. The zero-order valence-electron chi connectivity index (χ0n) is 9.97. The third-order valence-corrected chi connectivity index (χ3v) is 2.23. The van der Waals surface area contributed by atoms with Crippen LogP contribution in [0.25, 0.3) is 0 Å². The highest BCUT2D eigenvalue weighted by Gasteiger charge is 2.37. The van der Waals surface area contributed by atoms with Gasteiger partial charge in [0.15, 0.2) is 5.69 Å². The fourth-order valence-corrected chi connectivity index (χ4v) is 1.52. The smallest absolute Gasteiger partial charge is 0.269 e. The predicted molar refractivity (Wildman–Crippen MR) is 56.2 cm³/mol. The molecule has 0 radical (unpaired) electrons. The highest BCUT2D eigenvalue weighted by atomic mass is 19.4. The van der Waals surface area contributed by atoms with Crippen molar-refractivity contribution in [3.8, 4) is 0 Å². The molecule has 0 atom stereocenters. The van der Waals surface area contributed by atoms with Gasteiger partial charge in [0.25, 0.3) is 0 Å². The first-order valence-electron chi connectivity index (χ1n) is 5.37. The first-order valence-corrected chi connectivity index (χ1v) is 5.37. The number of hydrogen-bond donors (Lipinski definition) is 0. The summed E-state index contributed by atoms with van der Waals surface area (Å²) in [4.78, 5) is 0. The topological polar surface area (TPSA) is 17.8 Å². The molecule has 0 aliphatic heterocycles. The minimum absolute atomic E-state index is 0.0537. The zero-order chi connectivity index (χ0) is 12.5. The Bertz CT molecular complexity index is 351. The van der Waals surface area contributed by atoms with E-state index < -0.39 is 11.9 Å². The Balaban J connectivity index is 3.13. The van der Waals surface area contributed by atoms with E-state index in [1.807, 2.05) is 27.7 Å². The summed E-state index contributed by atoms with van der Waals surface area (Å²) in [5.41, 5.74) is -0.453. The number of halogens is 3. The second-order valence-electron chi connectivity index (χ2n) is 4.67. The second kappa shape index (κ2) is 4.47. The minimum atomic E-state index is -4.36. The van der Waals surface area contributed by atoms with Crippen molar-refractivity contribution in [2.75, 3.05) is 0 Å². The van der Waals surface area contributed by atoms with Crippen molar-refractivity contribution in [3.63, 3.8) is 0 Å². The van der Waals surface area contributed by atoms with Gasteiger partial charge in [0.2, 0.25) is 0 Å². The quantitative estimate of drug-likeness (QED) is 0.780. The van der Waals surface area contributed by atoms with E-state index in [0.29, 0.717) is 6.42 Å². The molecule has 1 heterocycles. The lowest BCUT2D eigenvalue weighted by molar-refractivity contribution is -0.142. The molecule has 0 aliphatic rings. The summed E-state index contributed by atoms with van der Waals surface area (Å²) in [6.45, 7) is 7.42. The van der Waals surface area contributed by atoms with Crippen LogP contribution in [0.4, 0.5) is 13.2 Å². The van der Waals surface area contributed by atoms with E-state index in [9.17, 15) is 13.2 Å². The molecule has 0 fully saturated rings. The third-order valence-electron chi connectivity index (χ3n) is 2.23. The molecule has 92 valence electrons. The summed E-state index contributed by atoms with van der Waals surface area (Å²) in [5.74, 6) is 0.186. The first-order chi connectivity index (χ1) is 7.21. The molecule has 1 aromatic rings. The van der Waals surface area contributed by atoms with Gasteiger partial charge in [-0.15, -0.1) is 0 Å². The van der Waals surface area contributed by atoms with E-state index in [1.165, 1.54) is 10.9 Å². The molecule has 1 aromatic heterocycles. The molecule has 0 saturated carbocycles. The van der Waals surface area contributed by atoms with Crippen LogP contribution in [0.1, 0.15) is 45.0 Å². The normalized spacial score (nSPS) is 12.8. The van der Waals surface area contributed by atoms with Crippen LogP contribution in [-0.2, 0) is 12.6 Å². The Morgan fingerprint density at radius 2 is 1.81 bits per heavy atom. The molecule has 0 N–H and O–H groups in total. The monoisotopic (exact) mass is 234 g/mol. The maximum absolute atomic E-state index is 12.7. The van der Waals surface area contributed by atoms with Crippen molar-refractivity contribution in [1.29, 1.82) is 0 Å². The van der Waals surface area contributed by atoms with Crippen LogP contribution in [0.15, 0.2) is 6.20 Å². The van der Waals surface area contributed by atoms with Gasteiger partial charge >= 0.3 is 6.18 Å². The lowest BCUT2D eigenvalue weighted by atomic mass is 10.0. The highest BCUT2D eigenvalue weighted by molar-refractivity contribution is 5.20. The molecule has 2 nitrogen and oxygen atoms in total. The molecule has 0 aromatic carbocycles. The maximum Gasteiger partial charge on any atom is 0.435 e. The number of aromatic nitrogens is 2. The molecule has 0 bridgehead atoms. The zero-order valence-corrected chi connectivity index (χ0v) is 9.97. The van der Waals surface area contributed by atoms with Gasteiger partial charge in [-0.05, 0) is 26.2 Å². The van der Waals surface area contributed by atoms with E-state index in [-0.39, 0.29) is 17.5 Å². The fraction of sp³-hybridized carbons (Fsp3) is 0.727. The highest BCUT2D eigenvalue weighted by Crippen LogP contribution is 2.32. The number of alkyl halides is 3. The van der Waals surface area contributed by atoms with Crippen LogP contribution in [0.3, 0.4) is 0 Å². The number of hydrogen-bond acceptors (Lipinski definition) is 1. The molecule has 0 aliphatic carbocycles. The summed E-state index contributed by atoms with van der Waals surface area (Å²) in [5, 5.41) is 3.63. The SMILES string of the molecule is CC(C)Cc1cn(C(C)C)nc1C(F)(F)F. The minimum Gasteiger partial charge on any atom is -0.269 e. The maximum atomic E-state index is 12.7. The van der Waals surface area contributed by atoms with E-state index in [1.54, 1.807) is 0 Å². The Morgan fingerprint density at radius 3 is 2.19 bits per heavy atom. The molecule has 0 unspecified atom stereocenters. The van der Waals surface area contributed by atoms with Crippen molar-refractivity contribution in [1.82, 2.24) is 9.78 Å². The van der Waals surface area contributed by atoms with Crippen LogP contribution in [0, 0.1) is 5.92 Å². The van der Waals surface area contributed by atoms with Crippen molar-refractivity contribution < 1.29 is 13.2 Å². The van der Waals surface area contributed by atoms with E-state index in [4.69, 9.17) is 0 Å². The largest absolute Gasteiger partial charge is 0.435 e. The lowest BCUT2D eigenvalue weighted by Crippen LogP contribution is -2.11. The molecular formula is C11H17F3N2. The third kappa shape index (κ3) is 3.00. The van der Waals surface area contributed by atoms with Crippen LogP contribution >= 0.6 is 0 Å². The van der Waals surface area contributed by atoms with Gasteiger partial charge in [0.05, 0.1) is 0 Å². The van der Waals surface area contributed by atoms with Crippen molar-refractivity contribution in [3.05, 3.63) is 17.5 Å². The number of nitrogens with zero attached hydrogens (tertiary/aromatic N) is 2. The van der Waals surface area contributed by atoms with E-state index >= 15 is 0 Å². The lowest BCUT2D eigenvalue weighted by Gasteiger charge is -2.07. The van der Waals surface area contributed by atoms with Crippen LogP contribution in [0.5, 0.6) is 0 Å². The molecule has 1 rings (SSSR count). The predicted octanol–water partition coefficient (Wildman–Crippen LogP) is 3.68. The standard InChI is InChI=1S/C11H17F3N2/c1-7(2)5-9-6-16(8(3)4)15-10(9)11(12,13)14/h6-8H,5H2,1-4H3. The average molecular weight is 234 g/mol. The van der Waals surface area contributed by atoms with Gasteiger partial charge in [-0.2, -0.15) is 18.3 Å². The van der Waals surface area contributed by atoms with Gasteiger partial charge in [-0.1, -0.05) is 13.8 Å². The fourth-order valence-electron chi connectivity index (χ4n) is 1.52. The van der Waals surface area contributed by atoms with Crippen molar-refractivity contribution >= 4 is 0 Å². The Kier molecular flexibility index (Phi) is 3.65. The Hall–Kier alpha value is -1.00. The van der Waals surface area contributed by atoms with Crippen molar-refractivity contribution in [2.24, 2.45) is 5.92 Å². The Labute approximate surface area is 93.5 Å². The van der Waals surface area contributed by atoms with Crippen LogP contribution < -0.4 is 0 Å². The van der Waals surface area contributed by atoms with Gasteiger partial charge < -0.3 is 0 Å². The van der Waals surface area contributed by atoms with Gasteiger partial charge in [0, 0.05) is 17.8 Å². The van der Waals surface area contributed by atoms with Gasteiger partial charge in [-0.25, -0.2) is 0 Å². The van der Waals surface area contributed by atoms with Crippen LogP contribution in [-0.4, -0.2) is 9.78 Å². The summed E-state index contributed by atoms with van der Waals surface area (Å²) >= 11 is 0. The van der Waals surface area contributed by atoms with E-state index in [2.05, 4.69) is 5.10 Å². The summed E-state index contributed by atoms with van der Waals surface area (Å²) in [6, 6.07) is -0.0537. The molecule has 0 amide bonds. The average Bonchev–Trinajstić information content (AvgIpc) is 2.45. The molecule has 5 heteroatoms. The molecule has 0 saturated heterocycles. The first kappa shape index (κ1) is 13.1. The summed E-state index contributed by atoms with van der Waals surface area (Å²) < 4.78 is 39.5. The van der Waals surface area contributed by atoms with E-state index in [0.717, 1.165) is 0 Å². The van der Waals surface area contributed by atoms with Crippen LogP contribution in [0.2, 0.25) is 0 Å². The van der Waals surface area contributed by atoms with Gasteiger partial charge in [-0.3, -0.25) is 4.68 Å². The molecule has 0 spiro atoms. The number of rotatable bonds is 3. The summed E-state index contributed by atoms with van der Waals surface area (Å²) in [6.07, 6.45) is -2.45. The summed E-state index contributed by atoms with van der Waals surface area (Å²) in [7, 11) is 0.